The standard InChI is InChI=1S/C32H41N3O8/c1-19(33-30(40)22-8-12-24(37)13-9-22)29(39)35-27(17-21-6-14-25(42-3)15-7-21)31(41)34-26(28(38)32(2)18-43-32)16-20-4-10-23(36)11-5-20/h4-7,10-11,14-15,19,22,24,26-27,36-37H,8-9,12-13,16-18H2,1-3H3,(H,33,40)(H,34,41)(H,35,39)/t19-,22?,24?,26+,27+,32-/m1/s1. The quantitative estimate of drug-likeness (QED) is 0.218. The van der Waals surface area contributed by atoms with Gasteiger partial charge >= 0.3 is 0 Å². The van der Waals surface area contributed by atoms with Crippen LogP contribution >= 0.6 is 0 Å². The summed E-state index contributed by atoms with van der Waals surface area (Å²) >= 11 is 0. The number of Topliss-reactive ketones (excluding diaryl/α,β-unsaturated/α-hetero) is 1. The molecule has 0 radical (unpaired) electrons. The molecule has 5 N–H and O–H groups in total. The van der Waals surface area contributed by atoms with Gasteiger partial charge in [0.05, 0.1) is 25.9 Å². The van der Waals surface area contributed by atoms with Gasteiger partial charge in [-0.15, -0.1) is 0 Å². The fourth-order valence-corrected chi connectivity index (χ4v) is 5.21. The highest BCUT2D eigenvalue weighted by Gasteiger charge is 2.50. The Bertz CT molecular complexity index is 1280. The van der Waals surface area contributed by atoms with Gasteiger partial charge in [-0.05, 0) is 81.3 Å². The monoisotopic (exact) mass is 595 g/mol. The van der Waals surface area contributed by atoms with E-state index in [1.807, 2.05) is 0 Å². The Labute approximate surface area is 251 Å². The van der Waals surface area contributed by atoms with Crippen molar-refractivity contribution in [2.75, 3.05) is 13.7 Å². The maximum absolute atomic E-state index is 13.7. The van der Waals surface area contributed by atoms with Crippen LogP contribution in [-0.4, -0.2) is 77.3 Å². The fraction of sp³-hybridized carbons (Fsp3) is 0.500. The molecular weight excluding hydrogens is 554 g/mol. The lowest BCUT2D eigenvalue weighted by molar-refractivity contribution is -0.134. The molecule has 1 aliphatic heterocycles. The van der Waals surface area contributed by atoms with Crippen molar-refractivity contribution in [3.05, 3.63) is 59.7 Å². The Morgan fingerprint density at radius 3 is 1.98 bits per heavy atom. The van der Waals surface area contributed by atoms with Gasteiger partial charge in [-0.25, -0.2) is 0 Å². The largest absolute Gasteiger partial charge is 0.508 e. The Morgan fingerprint density at radius 1 is 0.884 bits per heavy atom. The number of aliphatic hydroxyl groups excluding tert-OH is 1. The van der Waals surface area contributed by atoms with Gasteiger partial charge in [0.2, 0.25) is 17.7 Å². The number of carbonyl (C=O) groups is 4. The molecule has 1 aliphatic carbocycles. The summed E-state index contributed by atoms with van der Waals surface area (Å²) in [6, 6.07) is 10.5. The molecule has 1 saturated carbocycles. The lowest BCUT2D eigenvalue weighted by Crippen LogP contribution is -2.57. The minimum absolute atomic E-state index is 0.0812. The summed E-state index contributed by atoms with van der Waals surface area (Å²) in [6.45, 7) is 3.46. The van der Waals surface area contributed by atoms with E-state index in [0.29, 0.717) is 31.4 Å². The minimum atomic E-state index is -1.06. The first-order valence-electron chi connectivity index (χ1n) is 14.7. The number of ether oxygens (including phenoxy) is 2. The molecule has 1 heterocycles. The van der Waals surface area contributed by atoms with Crippen LogP contribution in [0, 0.1) is 5.92 Å². The second-order valence-corrected chi connectivity index (χ2v) is 11.7. The number of rotatable bonds is 13. The molecule has 0 aromatic heterocycles. The fourth-order valence-electron chi connectivity index (χ4n) is 5.21. The van der Waals surface area contributed by atoms with Crippen LogP contribution in [0.3, 0.4) is 0 Å². The van der Waals surface area contributed by atoms with Crippen molar-refractivity contribution < 1.29 is 38.9 Å². The molecule has 43 heavy (non-hydrogen) atoms. The third-order valence-corrected chi connectivity index (χ3v) is 8.16. The normalized spacial score (nSPS) is 23.3. The highest BCUT2D eigenvalue weighted by atomic mass is 16.6. The summed E-state index contributed by atoms with van der Waals surface area (Å²) in [5, 5.41) is 27.7. The SMILES string of the molecule is COc1ccc(C[C@H](NC(=O)[C@@H](C)NC(=O)C2CCC(O)CC2)C(=O)N[C@@H](Cc2ccc(O)cc2)C(=O)[C@@]2(C)CO2)cc1. The zero-order valence-corrected chi connectivity index (χ0v) is 24.8. The number of ketones is 1. The van der Waals surface area contributed by atoms with Gasteiger partial charge in [-0.1, -0.05) is 24.3 Å². The van der Waals surface area contributed by atoms with Crippen molar-refractivity contribution in [1.82, 2.24) is 16.0 Å². The molecule has 4 atom stereocenters. The average molecular weight is 596 g/mol. The number of aliphatic hydroxyl groups is 1. The van der Waals surface area contributed by atoms with Crippen molar-refractivity contribution in [2.45, 2.75) is 82.2 Å². The molecule has 1 saturated heterocycles. The van der Waals surface area contributed by atoms with E-state index in [4.69, 9.17) is 9.47 Å². The van der Waals surface area contributed by atoms with Crippen LogP contribution in [0.25, 0.3) is 0 Å². The number of hydrogen-bond acceptors (Lipinski definition) is 8. The van der Waals surface area contributed by atoms with E-state index >= 15 is 0 Å². The van der Waals surface area contributed by atoms with E-state index in [2.05, 4.69) is 16.0 Å². The Balaban J connectivity index is 1.49. The van der Waals surface area contributed by atoms with E-state index in [1.165, 1.54) is 12.1 Å². The van der Waals surface area contributed by atoms with E-state index in [9.17, 15) is 29.4 Å². The third-order valence-electron chi connectivity index (χ3n) is 8.16. The van der Waals surface area contributed by atoms with Crippen LogP contribution in [0.4, 0.5) is 0 Å². The first-order valence-corrected chi connectivity index (χ1v) is 14.7. The number of amides is 3. The first-order chi connectivity index (χ1) is 20.5. The van der Waals surface area contributed by atoms with Gasteiger partial charge in [-0.2, -0.15) is 0 Å². The zero-order valence-electron chi connectivity index (χ0n) is 24.8. The second-order valence-electron chi connectivity index (χ2n) is 11.7. The van der Waals surface area contributed by atoms with Crippen molar-refractivity contribution in [3.63, 3.8) is 0 Å². The van der Waals surface area contributed by atoms with E-state index in [1.54, 1.807) is 57.4 Å². The summed E-state index contributed by atoms with van der Waals surface area (Å²) in [6.07, 6.45) is 2.05. The van der Waals surface area contributed by atoms with Crippen molar-refractivity contribution in [1.29, 1.82) is 0 Å². The van der Waals surface area contributed by atoms with Crippen LogP contribution in [0.5, 0.6) is 11.5 Å². The van der Waals surface area contributed by atoms with Gasteiger partial charge in [0, 0.05) is 12.3 Å². The maximum Gasteiger partial charge on any atom is 0.243 e. The number of nitrogens with one attached hydrogen (secondary N) is 3. The maximum atomic E-state index is 13.7. The number of hydrogen-bond donors (Lipinski definition) is 5. The number of phenolic OH excluding ortho intramolecular Hbond substituents is 1. The van der Waals surface area contributed by atoms with Gasteiger partial charge in [0.15, 0.2) is 5.78 Å². The second kappa shape index (κ2) is 14.0. The predicted molar refractivity (Wildman–Crippen MR) is 157 cm³/mol. The molecule has 2 aromatic rings. The smallest absolute Gasteiger partial charge is 0.243 e. The Morgan fingerprint density at radius 2 is 1.42 bits per heavy atom. The molecule has 2 aliphatic rings. The number of epoxide rings is 1. The lowest BCUT2D eigenvalue weighted by Gasteiger charge is -2.27. The third kappa shape index (κ3) is 8.77. The van der Waals surface area contributed by atoms with Crippen LogP contribution < -0.4 is 20.7 Å². The minimum Gasteiger partial charge on any atom is -0.508 e. The summed E-state index contributed by atoms with van der Waals surface area (Å²) in [7, 11) is 1.55. The molecule has 11 heteroatoms. The van der Waals surface area contributed by atoms with Gasteiger partial charge in [0.25, 0.3) is 0 Å². The Kier molecular flexibility index (Phi) is 10.4. The molecule has 2 aromatic carbocycles. The average Bonchev–Trinajstić information content (AvgIpc) is 3.75. The van der Waals surface area contributed by atoms with Crippen molar-refractivity contribution in [3.8, 4) is 11.5 Å². The molecule has 3 amide bonds. The van der Waals surface area contributed by atoms with Crippen molar-refractivity contribution in [2.24, 2.45) is 5.92 Å². The molecule has 11 nitrogen and oxygen atoms in total. The van der Waals surface area contributed by atoms with Gasteiger partial charge in [0.1, 0.15) is 29.2 Å². The first kappa shape index (κ1) is 32.0. The lowest BCUT2D eigenvalue weighted by atomic mass is 9.87. The van der Waals surface area contributed by atoms with E-state index < -0.39 is 41.6 Å². The van der Waals surface area contributed by atoms with Gasteiger partial charge < -0.3 is 35.6 Å². The molecule has 0 bridgehead atoms. The Hall–Kier alpha value is -3.96. The number of carbonyl (C=O) groups excluding carboxylic acids is 4. The number of methoxy groups -OCH3 is 1. The molecular formula is C32H41N3O8. The van der Waals surface area contributed by atoms with Crippen LogP contribution in [0.1, 0.15) is 50.7 Å². The molecule has 2 fully saturated rings. The summed E-state index contributed by atoms with van der Waals surface area (Å²) in [5.74, 6) is -1.23. The van der Waals surface area contributed by atoms with E-state index in [-0.39, 0.29) is 42.8 Å². The van der Waals surface area contributed by atoms with Crippen LogP contribution in [-0.2, 0) is 36.8 Å². The van der Waals surface area contributed by atoms with Crippen LogP contribution in [0.15, 0.2) is 48.5 Å². The molecule has 0 spiro atoms. The summed E-state index contributed by atoms with van der Waals surface area (Å²) in [4.78, 5) is 53.1. The molecule has 4 rings (SSSR count). The zero-order chi connectivity index (χ0) is 31.1. The van der Waals surface area contributed by atoms with Gasteiger partial charge in [-0.3, -0.25) is 19.2 Å². The topological polar surface area (TPSA) is 167 Å². The highest BCUT2D eigenvalue weighted by molar-refractivity contribution is 5.98. The number of benzene rings is 2. The molecule has 0 unspecified atom stereocenters. The summed E-state index contributed by atoms with van der Waals surface area (Å²) in [5.41, 5.74) is 0.470. The number of aromatic hydroxyl groups is 1. The predicted octanol–water partition coefficient (Wildman–Crippen LogP) is 1.57. The summed E-state index contributed by atoms with van der Waals surface area (Å²) < 4.78 is 10.6. The number of phenols is 1. The molecule has 232 valence electrons. The van der Waals surface area contributed by atoms with E-state index in [0.717, 1.165) is 11.1 Å². The van der Waals surface area contributed by atoms with Crippen LogP contribution in [0.2, 0.25) is 0 Å². The highest BCUT2D eigenvalue weighted by Crippen LogP contribution is 2.29. The van der Waals surface area contributed by atoms with Crippen molar-refractivity contribution >= 4 is 23.5 Å².